The standard InChI is InChI=1S/C68H76BrN5O2/c1-63(2,3)43-29-40(30-44(35-43)64(4,5)6)59-52-25-23-50(70-52)58(39-19-21-49(69)22-20-39)51-24-26-54(71-51)60(41-31-45(65(7,8)9)36-46(32-41)66(10,11)12)56-38-57(74(75)76)62(73-56)61(55-28-27-53(59)72-55)42-33-47(67(13,14)15)37-48(34-42)68(16,17)18/h19-38,70,73H,1-18H3. The van der Waals surface area contributed by atoms with Crippen LogP contribution >= 0.6 is 15.9 Å². The summed E-state index contributed by atoms with van der Waals surface area (Å²) in [5.41, 5.74) is 18.4. The third-order valence-corrected chi connectivity index (χ3v) is 15.6. The summed E-state index contributed by atoms with van der Waals surface area (Å²) < 4.78 is 0.972. The van der Waals surface area contributed by atoms with Gasteiger partial charge in [-0.2, -0.15) is 0 Å². The first-order valence-corrected chi connectivity index (χ1v) is 27.5. The molecule has 2 aliphatic rings. The Balaban J connectivity index is 1.58. The molecule has 7 nitrogen and oxygen atoms in total. The monoisotopic (exact) mass is 1070 g/mol. The predicted octanol–water partition coefficient (Wildman–Crippen LogP) is 19.8. The summed E-state index contributed by atoms with van der Waals surface area (Å²) >= 11 is 3.70. The maximum absolute atomic E-state index is 14.0. The summed E-state index contributed by atoms with van der Waals surface area (Å²) in [6.45, 7) is 40.3. The molecular weight excluding hydrogens is 999 g/mol. The van der Waals surface area contributed by atoms with Gasteiger partial charge in [0.1, 0.15) is 5.52 Å². The molecule has 0 spiro atoms. The van der Waals surface area contributed by atoms with Gasteiger partial charge in [0.2, 0.25) is 0 Å². The van der Waals surface area contributed by atoms with Gasteiger partial charge in [-0.15, -0.1) is 0 Å². The molecule has 0 amide bonds. The van der Waals surface area contributed by atoms with Gasteiger partial charge >= 0.3 is 0 Å². The van der Waals surface area contributed by atoms with E-state index in [9.17, 15) is 10.1 Å². The minimum Gasteiger partial charge on any atom is -0.354 e. The minimum atomic E-state index is -0.248. The largest absolute Gasteiger partial charge is 0.354 e. The number of fused-ring (bicyclic) bond motifs is 8. The van der Waals surface area contributed by atoms with Crippen molar-refractivity contribution in [2.75, 3.05) is 0 Å². The Morgan fingerprint density at radius 1 is 0.382 bits per heavy atom. The number of nitrogens with zero attached hydrogens (tertiary/aromatic N) is 3. The van der Waals surface area contributed by atoms with Crippen LogP contribution in [0.5, 0.6) is 0 Å². The van der Waals surface area contributed by atoms with Crippen LogP contribution < -0.4 is 0 Å². The summed E-state index contributed by atoms with van der Waals surface area (Å²) in [6.07, 6.45) is 8.29. The lowest BCUT2D eigenvalue weighted by Crippen LogP contribution is -2.16. The number of aromatic nitrogens is 4. The first-order valence-electron chi connectivity index (χ1n) is 26.7. The molecule has 0 saturated carbocycles. The maximum Gasteiger partial charge on any atom is 0.295 e. The fourth-order valence-corrected chi connectivity index (χ4v) is 10.4. The molecule has 5 heterocycles. The molecule has 0 aliphatic carbocycles. The summed E-state index contributed by atoms with van der Waals surface area (Å²) in [7, 11) is 0. The Labute approximate surface area is 459 Å². The highest BCUT2D eigenvalue weighted by Crippen LogP contribution is 2.45. The van der Waals surface area contributed by atoms with Crippen LogP contribution in [-0.2, 0) is 32.5 Å². The highest BCUT2D eigenvalue weighted by molar-refractivity contribution is 9.10. The van der Waals surface area contributed by atoms with E-state index in [-0.39, 0.29) is 43.1 Å². The third-order valence-electron chi connectivity index (χ3n) is 15.0. The Morgan fingerprint density at radius 2 is 0.684 bits per heavy atom. The second-order valence-corrected chi connectivity index (χ2v) is 28.2. The van der Waals surface area contributed by atoms with Gasteiger partial charge < -0.3 is 9.97 Å². The van der Waals surface area contributed by atoms with E-state index in [0.717, 1.165) is 88.1 Å². The second-order valence-electron chi connectivity index (χ2n) is 27.3. The van der Waals surface area contributed by atoms with E-state index in [1.54, 1.807) is 6.07 Å². The van der Waals surface area contributed by atoms with Gasteiger partial charge in [-0.25, -0.2) is 9.97 Å². The normalized spacial score (nSPS) is 13.5. The van der Waals surface area contributed by atoms with E-state index in [1.807, 2.05) is 6.08 Å². The third kappa shape index (κ3) is 10.7. The Morgan fingerprint density at radius 3 is 1.01 bits per heavy atom. The molecule has 0 radical (unpaired) electrons. The molecule has 9 rings (SSSR count). The van der Waals surface area contributed by atoms with Crippen molar-refractivity contribution in [3.8, 4) is 44.5 Å². The number of nitro groups is 1. The summed E-state index contributed by atoms with van der Waals surface area (Å²) in [5, 5.41) is 14.0. The van der Waals surface area contributed by atoms with E-state index in [4.69, 9.17) is 9.97 Å². The van der Waals surface area contributed by atoms with E-state index in [0.29, 0.717) is 28.0 Å². The number of halogens is 1. The molecule has 0 unspecified atom stereocenters. The van der Waals surface area contributed by atoms with Gasteiger partial charge in [-0.05, 0) is 137 Å². The van der Waals surface area contributed by atoms with Crippen molar-refractivity contribution < 1.29 is 4.92 Å². The fraction of sp³-hybridized carbons (Fsp3) is 0.353. The van der Waals surface area contributed by atoms with Crippen molar-refractivity contribution in [1.29, 1.82) is 0 Å². The molecule has 4 aromatic carbocycles. The first kappa shape index (κ1) is 54.2. The molecule has 7 aromatic rings. The van der Waals surface area contributed by atoms with Crippen LogP contribution in [0, 0.1) is 10.1 Å². The van der Waals surface area contributed by atoms with E-state index in [2.05, 4.69) is 260 Å². The first-order chi connectivity index (χ1) is 35.1. The molecule has 2 N–H and O–H groups in total. The zero-order valence-corrected chi connectivity index (χ0v) is 49.7. The highest BCUT2D eigenvalue weighted by Gasteiger charge is 2.30. The second kappa shape index (κ2) is 18.8. The maximum atomic E-state index is 14.0. The number of benzene rings is 4. The average Bonchev–Trinajstić information content (AvgIpc) is 4.16. The molecule has 76 heavy (non-hydrogen) atoms. The predicted molar refractivity (Wildman–Crippen MR) is 327 cm³/mol. The molecule has 2 aliphatic heterocycles. The Bertz CT molecular complexity index is 3630. The van der Waals surface area contributed by atoms with Crippen LogP contribution in [0.2, 0.25) is 0 Å². The zero-order chi connectivity index (χ0) is 55.4. The summed E-state index contributed by atoms with van der Waals surface area (Å²) in [4.78, 5) is 32.7. The van der Waals surface area contributed by atoms with Crippen molar-refractivity contribution in [1.82, 2.24) is 19.9 Å². The van der Waals surface area contributed by atoms with Gasteiger partial charge in [0.15, 0.2) is 0 Å². The lowest BCUT2D eigenvalue weighted by molar-refractivity contribution is -0.382. The summed E-state index contributed by atoms with van der Waals surface area (Å²) in [6, 6.07) is 34.9. The van der Waals surface area contributed by atoms with Crippen molar-refractivity contribution in [2.45, 2.75) is 157 Å². The van der Waals surface area contributed by atoms with E-state index in [1.165, 1.54) is 11.1 Å². The number of aromatic amines is 2. The van der Waals surface area contributed by atoms with E-state index < -0.39 is 0 Å². The van der Waals surface area contributed by atoms with E-state index >= 15 is 0 Å². The van der Waals surface area contributed by atoms with Crippen molar-refractivity contribution >= 4 is 68.0 Å². The highest BCUT2D eigenvalue weighted by atomic mass is 79.9. The molecule has 8 bridgehead atoms. The number of rotatable bonds is 5. The molecule has 8 heteroatoms. The molecule has 0 atom stereocenters. The van der Waals surface area contributed by atoms with Crippen LogP contribution in [0.25, 0.3) is 90.9 Å². The Kier molecular flexibility index (Phi) is 13.4. The van der Waals surface area contributed by atoms with Crippen LogP contribution in [-0.4, -0.2) is 24.9 Å². The number of H-pyrrole nitrogens is 2. The average molecular weight is 1080 g/mol. The van der Waals surface area contributed by atoms with Crippen LogP contribution in [0.15, 0.2) is 102 Å². The molecule has 0 fully saturated rings. The lowest BCUT2D eigenvalue weighted by Gasteiger charge is -2.26. The van der Waals surface area contributed by atoms with Gasteiger partial charge in [-0.3, -0.25) is 10.1 Å². The minimum absolute atomic E-state index is 0.0442. The molecular formula is C68H76BrN5O2. The quantitative estimate of drug-likeness (QED) is 0.132. The molecule has 0 saturated heterocycles. The SMILES string of the molecule is CC(C)(C)c1cc(-c2c3nc(c(-c4cc(C(C)(C)C)cc(C(C)(C)C)c4)c4[nH]c(cc4[N+](=O)[O-])c(-c4cc(C(C)(C)C)cc(C(C)(C)C)c4)c4nc(c(-c5ccc(Br)cc5)c5ccc2[nH]5)C=C4)C=C3)cc(C(C)(C)C)c1. The van der Waals surface area contributed by atoms with Gasteiger partial charge in [-0.1, -0.05) is 207 Å². The van der Waals surface area contributed by atoms with Gasteiger partial charge in [0.25, 0.3) is 5.69 Å². The Hall–Kier alpha value is -6.64. The molecule has 3 aromatic heterocycles. The lowest BCUT2D eigenvalue weighted by atomic mass is 9.78. The fourth-order valence-electron chi connectivity index (χ4n) is 10.2. The van der Waals surface area contributed by atoms with Crippen molar-refractivity contribution in [3.63, 3.8) is 0 Å². The van der Waals surface area contributed by atoms with Crippen molar-refractivity contribution in [3.05, 3.63) is 168 Å². The number of hydrogen-bond acceptors (Lipinski definition) is 4. The van der Waals surface area contributed by atoms with Crippen LogP contribution in [0.1, 0.15) is 181 Å². The van der Waals surface area contributed by atoms with Crippen LogP contribution in [0.3, 0.4) is 0 Å². The number of hydrogen-bond donors (Lipinski definition) is 2. The van der Waals surface area contributed by atoms with Gasteiger partial charge in [0.05, 0.1) is 33.2 Å². The van der Waals surface area contributed by atoms with Crippen molar-refractivity contribution in [2.24, 2.45) is 0 Å². The molecule has 392 valence electrons. The smallest absolute Gasteiger partial charge is 0.295 e. The summed E-state index contributed by atoms with van der Waals surface area (Å²) in [5.74, 6) is 0. The topological polar surface area (TPSA) is 100 Å². The van der Waals surface area contributed by atoms with Gasteiger partial charge in [0, 0.05) is 43.8 Å². The number of nitrogens with one attached hydrogen (secondary N) is 2. The van der Waals surface area contributed by atoms with Crippen LogP contribution in [0.4, 0.5) is 5.69 Å². The zero-order valence-electron chi connectivity index (χ0n) is 48.1.